The van der Waals surface area contributed by atoms with Crippen LogP contribution in [-0.2, 0) is 10.5 Å². The molecule has 0 aliphatic rings. The van der Waals surface area contributed by atoms with Gasteiger partial charge in [0.05, 0.1) is 30.2 Å². The van der Waals surface area contributed by atoms with Gasteiger partial charge in [0.2, 0.25) is 5.91 Å². The zero-order valence-corrected chi connectivity index (χ0v) is 13.9. The highest BCUT2D eigenvalue weighted by Gasteiger charge is 2.08. The van der Waals surface area contributed by atoms with Gasteiger partial charge in [0.15, 0.2) is 0 Å². The number of ether oxygens (including phenoxy) is 1. The third-order valence-corrected chi connectivity index (χ3v) is 4.19. The Labute approximate surface area is 140 Å². The van der Waals surface area contributed by atoms with E-state index in [-0.39, 0.29) is 5.91 Å². The van der Waals surface area contributed by atoms with Crippen LogP contribution in [0.25, 0.3) is 0 Å². The first kappa shape index (κ1) is 16.9. The van der Waals surface area contributed by atoms with Crippen LogP contribution in [0.4, 0.5) is 5.69 Å². The second kappa shape index (κ2) is 8.25. The van der Waals surface area contributed by atoms with Crippen LogP contribution in [0.1, 0.15) is 16.7 Å². The van der Waals surface area contributed by atoms with Gasteiger partial charge in [-0.1, -0.05) is 18.2 Å². The molecule has 0 heterocycles. The molecule has 0 unspecified atom stereocenters. The van der Waals surface area contributed by atoms with Crippen LogP contribution >= 0.6 is 11.8 Å². The predicted octanol–water partition coefficient (Wildman–Crippen LogP) is 3.75. The van der Waals surface area contributed by atoms with Crippen LogP contribution in [0.3, 0.4) is 0 Å². The van der Waals surface area contributed by atoms with Crippen molar-refractivity contribution in [2.75, 3.05) is 18.2 Å². The van der Waals surface area contributed by atoms with E-state index in [2.05, 4.69) is 11.4 Å². The van der Waals surface area contributed by atoms with Crippen LogP contribution in [0.2, 0.25) is 0 Å². The third-order valence-electron chi connectivity index (χ3n) is 3.19. The highest BCUT2D eigenvalue weighted by Crippen LogP contribution is 2.25. The average Bonchev–Trinajstić information content (AvgIpc) is 2.55. The molecule has 118 valence electrons. The lowest BCUT2D eigenvalue weighted by Crippen LogP contribution is -2.15. The summed E-state index contributed by atoms with van der Waals surface area (Å²) in [5.41, 5.74) is 3.42. The largest absolute Gasteiger partial charge is 0.495 e. The summed E-state index contributed by atoms with van der Waals surface area (Å²) in [6.45, 7) is 1.96. The van der Waals surface area contributed by atoms with E-state index in [0.717, 1.165) is 11.1 Å². The van der Waals surface area contributed by atoms with Crippen molar-refractivity contribution in [1.82, 2.24) is 0 Å². The van der Waals surface area contributed by atoms with E-state index in [9.17, 15) is 4.79 Å². The van der Waals surface area contributed by atoms with Gasteiger partial charge in [0, 0.05) is 5.75 Å². The molecule has 0 aromatic heterocycles. The molecule has 0 radical (unpaired) electrons. The Bertz CT molecular complexity index is 738. The van der Waals surface area contributed by atoms with Crippen molar-refractivity contribution in [1.29, 1.82) is 5.26 Å². The highest BCUT2D eigenvalue weighted by molar-refractivity contribution is 7.99. The Morgan fingerprint density at radius 3 is 2.87 bits per heavy atom. The molecule has 1 amide bonds. The predicted molar refractivity (Wildman–Crippen MR) is 93.7 cm³/mol. The Hall–Kier alpha value is -2.45. The molecule has 2 aromatic carbocycles. The monoisotopic (exact) mass is 326 g/mol. The zero-order valence-electron chi connectivity index (χ0n) is 13.1. The van der Waals surface area contributed by atoms with E-state index in [0.29, 0.717) is 28.5 Å². The number of aryl methyl sites for hydroxylation is 1. The van der Waals surface area contributed by atoms with Gasteiger partial charge < -0.3 is 10.1 Å². The molecule has 4 nitrogen and oxygen atoms in total. The van der Waals surface area contributed by atoms with Crippen molar-refractivity contribution in [3.8, 4) is 11.8 Å². The summed E-state index contributed by atoms with van der Waals surface area (Å²) in [4.78, 5) is 12.1. The fraction of sp³-hybridized carbons (Fsp3) is 0.222. The first-order valence-electron chi connectivity index (χ1n) is 7.13. The quantitative estimate of drug-likeness (QED) is 0.878. The third kappa shape index (κ3) is 5.04. The van der Waals surface area contributed by atoms with Gasteiger partial charge in [-0.2, -0.15) is 5.26 Å². The highest BCUT2D eigenvalue weighted by atomic mass is 32.2. The van der Waals surface area contributed by atoms with Crippen molar-refractivity contribution in [3.63, 3.8) is 0 Å². The number of nitrogens with zero attached hydrogens (tertiary/aromatic N) is 1. The van der Waals surface area contributed by atoms with Crippen molar-refractivity contribution in [2.24, 2.45) is 0 Å². The smallest absolute Gasteiger partial charge is 0.234 e. The first-order valence-corrected chi connectivity index (χ1v) is 8.29. The number of nitrogens with one attached hydrogen (secondary N) is 1. The van der Waals surface area contributed by atoms with Gasteiger partial charge in [-0.15, -0.1) is 11.8 Å². The number of nitriles is 1. The maximum Gasteiger partial charge on any atom is 0.234 e. The lowest BCUT2D eigenvalue weighted by molar-refractivity contribution is -0.113. The maximum absolute atomic E-state index is 12.1. The number of benzene rings is 2. The summed E-state index contributed by atoms with van der Waals surface area (Å²) in [7, 11) is 1.58. The molecular formula is C18H18N2O2S. The summed E-state index contributed by atoms with van der Waals surface area (Å²) >= 11 is 1.51. The van der Waals surface area contributed by atoms with Crippen molar-refractivity contribution >= 4 is 23.4 Å². The van der Waals surface area contributed by atoms with Crippen molar-refractivity contribution < 1.29 is 9.53 Å². The van der Waals surface area contributed by atoms with Gasteiger partial charge in [-0.25, -0.2) is 0 Å². The number of methoxy groups -OCH3 is 1. The number of hydrogen-bond acceptors (Lipinski definition) is 4. The van der Waals surface area contributed by atoms with Gasteiger partial charge in [-0.3, -0.25) is 4.79 Å². The molecule has 23 heavy (non-hydrogen) atoms. The van der Waals surface area contributed by atoms with Crippen LogP contribution < -0.4 is 10.1 Å². The van der Waals surface area contributed by atoms with Crippen LogP contribution in [-0.4, -0.2) is 18.8 Å². The number of anilines is 1. The van der Waals surface area contributed by atoms with Gasteiger partial charge in [0.25, 0.3) is 0 Å². The molecule has 0 spiro atoms. The van der Waals surface area contributed by atoms with E-state index < -0.39 is 0 Å². The molecule has 1 N–H and O–H groups in total. The van der Waals surface area contributed by atoms with E-state index in [1.54, 1.807) is 13.2 Å². The fourth-order valence-corrected chi connectivity index (χ4v) is 2.87. The molecular weight excluding hydrogens is 308 g/mol. The molecule has 0 atom stereocenters. The number of carbonyl (C=O) groups is 1. The fourth-order valence-electron chi connectivity index (χ4n) is 2.10. The molecule has 5 heteroatoms. The molecule has 0 aliphatic heterocycles. The first-order chi connectivity index (χ1) is 11.1. The van der Waals surface area contributed by atoms with Gasteiger partial charge in [0.1, 0.15) is 5.75 Å². The average molecular weight is 326 g/mol. The molecule has 2 rings (SSSR count). The summed E-state index contributed by atoms with van der Waals surface area (Å²) in [5.74, 6) is 1.60. The van der Waals surface area contributed by atoms with E-state index in [4.69, 9.17) is 10.00 Å². The Kier molecular flexibility index (Phi) is 6.07. The lowest BCUT2D eigenvalue weighted by atomic mass is 10.2. The molecule has 2 aromatic rings. The molecule has 0 saturated heterocycles. The molecule has 0 aliphatic carbocycles. The minimum atomic E-state index is -0.0738. The summed E-state index contributed by atoms with van der Waals surface area (Å²) in [6.07, 6.45) is 0. The summed E-state index contributed by atoms with van der Waals surface area (Å²) in [5, 5.41) is 11.8. The van der Waals surface area contributed by atoms with E-state index in [1.807, 2.05) is 43.3 Å². The number of rotatable bonds is 6. The minimum absolute atomic E-state index is 0.0738. The van der Waals surface area contributed by atoms with Gasteiger partial charge in [-0.05, 0) is 42.3 Å². The Balaban J connectivity index is 1.88. The number of thioether (sulfide) groups is 1. The van der Waals surface area contributed by atoms with Crippen LogP contribution in [0.5, 0.6) is 5.75 Å². The van der Waals surface area contributed by atoms with Crippen LogP contribution in [0.15, 0.2) is 42.5 Å². The lowest BCUT2D eigenvalue weighted by Gasteiger charge is -2.11. The Morgan fingerprint density at radius 2 is 2.13 bits per heavy atom. The summed E-state index contributed by atoms with van der Waals surface area (Å²) in [6, 6.07) is 15.2. The van der Waals surface area contributed by atoms with Crippen molar-refractivity contribution in [2.45, 2.75) is 12.7 Å². The SMILES string of the molecule is COc1ccc(C)cc1NC(=O)CSCc1cccc(C#N)c1. The number of amides is 1. The van der Waals surface area contributed by atoms with E-state index in [1.165, 1.54) is 11.8 Å². The van der Waals surface area contributed by atoms with Crippen molar-refractivity contribution in [3.05, 3.63) is 59.2 Å². The second-order valence-corrected chi connectivity index (χ2v) is 6.04. The number of carbonyl (C=O) groups excluding carboxylic acids is 1. The normalized spacial score (nSPS) is 9.96. The molecule has 0 saturated carbocycles. The van der Waals surface area contributed by atoms with Crippen LogP contribution in [0, 0.1) is 18.3 Å². The van der Waals surface area contributed by atoms with Gasteiger partial charge >= 0.3 is 0 Å². The van der Waals surface area contributed by atoms with E-state index >= 15 is 0 Å². The maximum atomic E-state index is 12.1. The number of hydrogen-bond donors (Lipinski definition) is 1. The standard InChI is InChI=1S/C18H18N2O2S/c1-13-6-7-17(22-2)16(8-13)20-18(21)12-23-11-15-5-3-4-14(9-15)10-19/h3-9H,11-12H2,1-2H3,(H,20,21). The molecule has 0 bridgehead atoms. The minimum Gasteiger partial charge on any atom is -0.495 e. The topological polar surface area (TPSA) is 62.1 Å². The Morgan fingerprint density at radius 1 is 1.30 bits per heavy atom. The zero-order chi connectivity index (χ0) is 16.7. The molecule has 0 fully saturated rings. The second-order valence-electron chi connectivity index (χ2n) is 5.06. The summed E-state index contributed by atoms with van der Waals surface area (Å²) < 4.78 is 5.25.